The van der Waals surface area contributed by atoms with Crippen LogP contribution in [-0.2, 0) is 17.9 Å². The highest BCUT2D eigenvalue weighted by Crippen LogP contribution is 2.21. The molecule has 5 heteroatoms. The van der Waals surface area contributed by atoms with Gasteiger partial charge in [-0.1, -0.05) is 12.1 Å². The summed E-state index contributed by atoms with van der Waals surface area (Å²) in [5, 5.41) is 3.05. The number of imidazole rings is 1. The lowest BCUT2D eigenvalue weighted by Crippen LogP contribution is -2.44. The minimum absolute atomic E-state index is 0.0978. The van der Waals surface area contributed by atoms with Crippen molar-refractivity contribution in [3.05, 3.63) is 30.1 Å². The molecular formula is C19H28N4O. The zero-order chi connectivity index (χ0) is 17.1. The van der Waals surface area contributed by atoms with Crippen LogP contribution in [0.3, 0.4) is 0 Å². The van der Waals surface area contributed by atoms with E-state index in [-0.39, 0.29) is 17.9 Å². The number of nitrogens with zero attached hydrogens (tertiary/aromatic N) is 3. The van der Waals surface area contributed by atoms with Gasteiger partial charge in [0.1, 0.15) is 5.82 Å². The Morgan fingerprint density at radius 1 is 1.38 bits per heavy atom. The summed E-state index contributed by atoms with van der Waals surface area (Å²) in [7, 11) is 0. The van der Waals surface area contributed by atoms with Crippen LogP contribution in [0.15, 0.2) is 24.3 Å². The van der Waals surface area contributed by atoms with E-state index in [1.807, 2.05) is 19.9 Å². The Bertz CT molecular complexity index is 706. The number of aromatic nitrogens is 2. The van der Waals surface area contributed by atoms with Crippen LogP contribution in [-0.4, -0.2) is 39.5 Å². The lowest BCUT2D eigenvalue weighted by molar-refractivity contribution is -0.127. The first-order chi connectivity index (χ1) is 11.6. The zero-order valence-corrected chi connectivity index (χ0v) is 15.0. The number of piperidine rings is 1. The fourth-order valence-corrected chi connectivity index (χ4v) is 3.61. The maximum atomic E-state index is 12.3. The highest BCUT2D eigenvalue weighted by Gasteiger charge is 2.27. The molecule has 0 saturated carbocycles. The van der Waals surface area contributed by atoms with E-state index in [4.69, 9.17) is 4.98 Å². The largest absolute Gasteiger partial charge is 0.354 e. The molecule has 1 N–H and O–H groups in total. The number of fused-ring (bicyclic) bond motifs is 1. The Morgan fingerprint density at radius 3 is 2.92 bits per heavy atom. The van der Waals surface area contributed by atoms with E-state index >= 15 is 0 Å². The molecule has 1 amide bonds. The van der Waals surface area contributed by atoms with E-state index in [0.29, 0.717) is 0 Å². The van der Waals surface area contributed by atoms with Crippen molar-refractivity contribution >= 4 is 16.9 Å². The van der Waals surface area contributed by atoms with Gasteiger partial charge in [0.25, 0.3) is 0 Å². The van der Waals surface area contributed by atoms with Gasteiger partial charge in [0.05, 0.1) is 23.5 Å². The fourth-order valence-electron chi connectivity index (χ4n) is 3.61. The number of hydrogen-bond acceptors (Lipinski definition) is 3. The van der Waals surface area contributed by atoms with E-state index in [1.165, 1.54) is 5.52 Å². The first kappa shape index (κ1) is 17.0. The SMILES string of the molecule is CCn1c(CN2CCC[C@@H](C(=O)NC(C)C)C2)nc2ccccc21. The van der Waals surface area contributed by atoms with Crippen LogP contribution in [0.2, 0.25) is 0 Å². The van der Waals surface area contributed by atoms with Crippen LogP contribution < -0.4 is 5.32 Å². The number of para-hydroxylation sites is 2. The van der Waals surface area contributed by atoms with Gasteiger partial charge in [-0.05, 0) is 52.3 Å². The molecule has 1 aromatic carbocycles. The van der Waals surface area contributed by atoms with Crippen LogP contribution in [0.25, 0.3) is 11.0 Å². The van der Waals surface area contributed by atoms with Crippen molar-refractivity contribution in [2.75, 3.05) is 13.1 Å². The molecule has 0 bridgehead atoms. The summed E-state index contributed by atoms with van der Waals surface area (Å²) in [6.07, 6.45) is 2.06. The predicted octanol–water partition coefficient (Wildman–Crippen LogP) is 2.79. The molecule has 1 fully saturated rings. The standard InChI is InChI=1S/C19H28N4O/c1-4-23-17-10-6-5-9-16(17)21-18(23)13-22-11-7-8-15(12-22)19(24)20-14(2)3/h5-6,9-10,14-15H,4,7-8,11-13H2,1-3H3,(H,20,24)/t15-/m1/s1. The molecule has 0 spiro atoms. The van der Waals surface area contributed by atoms with Crippen molar-refractivity contribution in [2.45, 2.75) is 52.7 Å². The summed E-state index contributed by atoms with van der Waals surface area (Å²) in [4.78, 5) is 19.5. The highest BCUT2D eigenvalue weighted by atomic mass is 16.2. The fraction of sp³-hybridized carbons (Fsp3) is 0.579. The molecule has 2 heterocycles. The number of benzene rings is 1. The first-order valence-electron chi connectivity index (χ1n) is 9.05. The number of carbonyl (C=O) groups is 1. The number of rotatable bonds is 5. The van der Waals surface area contributed by atoms with Gasteiger partial charge in [0.2, 0.25) is 5.91 Å². The molecule has 2 aromatic rings. The van der Waals surface area contributed by atoms with Crippen molar-refractivity contribution in [3.63, 3.8) is 0 Å². The molecular weight excluding hydrogens is 300 g/mol. The average molecular weight is 328 g/mol. The minimum Gasteiger partial charge on any atom is -0.354 e. The Morgan fingerprint density at radius 2 is 2.17 bits per heavy atom. The molecule has 1 atom stereocenters. The van der Waals surface area contributed by atoms with Crippen molar-refractivity contribution in [1.82, 2.24) is 19.8 Å². The highest BCUT2D eigenvalue weighted by molar-refractivity contribution is 5.79. The van der Waals surface area contributed by atoms with E-state index in [0.717, 1.165) is 50.4 Å². The molecule has 1 aliphatic heterocycles. The number of carbonyl (C=O) groups excluding carboxylic acids is 1. The monoisotopic (exact) mass is 328 g/mol. The minimum atomic E-state index is 0.0978. The van der Waals surface area contributed by atoms with Gasteiger partial charge < -0.3 is 9.88 Å². The van der Waals surface area contributed by atoms with Crippen molar-refractivity contribution in [2.24, 2.45) is 5.92 Å². The number of likely N-dealkylation sites (tertiary alicyclic amines) is 1. The zero-order valence-electron chi connectivity index (χ0n) is 15.0. The molecule has 1 aromatic heterocycles. The van der Waals surface area contributed by atoms with E-state index < -0.39 is 0 Å². The number of hydrogen-bond donors (Lipinski definition) is 1. The second-order valence-corrected chi connectivity index (χ2v) is 7.00. The third-order valence-electron chi connectivity index (χ3n) is 4.72. The summed E-state index contributed by atoms with van der Waals surface area (Å²) >= 11 is 0. The van der Waals surface area contributed by atoms with Crippen LogP contribution in [0.4, 0.5) is 0 Å². The lowest BCUT2D eigenvalue weighted by Gasteiger charge is -2.32. The van der Waals surface area contributed by atoms with Gasteiger partial charge >= 0.3 is 0 Å². The Kier molecular flexibility index (Phi) is 5.19. The molecule has 24 heavy (non-hydrogen) atoms. The Balaban J connectivity index is 1.73. The quantitative estimate of drug-likeness (QED) is 0.918. The van der Waals surface area contributed by atoms with Gasteiger partial charge in [-0.25, -0.2) is 4.98 Å². The first-order valence-corrected chi connectivity index (χ1v) is 9.05. The van der Waals surface area contributed by atoms with Crippen molar-refractivity contribution in [3.8, 4) is 0 Å². The normalized spacial score (nSPS) is 19.1. The second kappa shape index (κ2) is 7.34. The third-order valence-corrected chi connectivity index (χ3v) is 4.72. The number of aryl methyl sites for hydroxylation is 1. The predicted molar refractivity (Wildman–Crippen MR) is 96.7 cm³/mol. The summed E-state index contributed by atoms with van der Waals surface area (Å²) in [6.45, 7) is 9.79. The molecule has 5 nitrogen and oxygen atoms in total. The van der Waals surface area contributed by atoms with Gasteiger partial charge in [-0.15, -0.1) is 0 Å². The van der Waals surface area contributed by atoms with Gasteiger partial charge in [-0.3, -0.25) is 9.69 Å². The van der Waals surface area contributed by atoms with Crippen molar-refractivity contribution in [1.29, 1.82) is 0 Å². The maximum Gasteiger partial charge on any atom is 0.224 e. The smallest absolute Gasteiger partial charge is 0.224 e. The molecule has 1 saturated heterocycles. The lowest BCUT2D eigenvalue weighted by atomic mass is 9.97. The van der Waals surface area contributed by atoms with Crippen LogP contribution in [0, 0.1) is 5.92 Å². The average Bonchev–Trinajstić information content (AvgIpc) is 2.91. The topological polar surface area (TPSA) is 50.2 Å². The van der Waals surface area contributed by atoms with E-state index in [1.54, 1.807) is 0 Å². The van der Waals surface area contributed by atoms with Gasteiger partial charge in [-0.2, -0.15) is 0 Å². The second-order valence-electron chi connectivity index (χ2n) is 7.00. The Hall–Kier alpha value is -1.88. The molecule has 0 unspecified atom stereocenters. The Labute approximate surface area is 144 Å². The van der Waals surface area contributed by atoms with E-state index in [2.05, 4.69) is 39.9 Å². The molecule has 130 valence electrons. The molecule has 0 aliphatic carbocycles. The van der Waals surface area contributed by atoms with Crippen LogP contribution in [0.1, 0.15) is 39.4 Å². The maximum absolute atomic E-state index is 12.3. The molecule has 3 rings (SSSR count). The molecule has 1 aliphatic rings. The summed E-state index contributed by atoms with van der Waals surface area (Å²) in [5.41, 5.74) is 2.25. The molecule has 0 radical (unpaired) electrons. The number of nitrogens with one attached hydrogen (secondary N) is 1. The van der Waals surface area contributed by atoms with Gasteiger partial charge in [0.15, 0.2) is 0 Å². The summed E-state index contributed by atoms with van der Waals surface area (Å²) in [5.74, 6) is 1.39. The van der Waals surface area contributed by atoms with Crippen LogP contribution >= 0.6 is 0 Å². The van der Waals surface area contributed by atoms with Crippen LogP contribution in [0.5, 0.6) is 0 Å². The number of amides is 1. The van der Waals surface area contributed by atoms with Gasteiger partial charge in [0, 0.05) is 19.1 Å². The van der Waals surface area contributed by atoms with E-state index in [9.17, 15) is 4.79 Å². The third kappa shape index (κ3) is 3.61. The summed E-state index contributed by atoms with van der Waals surface area (Å²) < 4.78 is 2.28. The summed E-state index contributed by atoms with van der Waals surface area (Å²) in [6, 6.07) is 8.50. The van der Waals surface area contributed by atoms with Crippen molar-refractivity contribution < 1.29 is 4.79 Å².